The summed E-state index contributed by atoms with van der Waals surface area (Å²) in [6, 6.07) is 44.6. The Hall–Kier alpha value is -3.35. The maximum atomic E-state index is 11.6. The molecule has 0 aliphatic rings. The fourth-order valence-corrected chi connectivity index (χ4v) is 9.36. The summed E-state index contributed by atoms with van der Waals surface area (Å²) in [6.45, 7) is 20.9. The Morgan fingerprint density at radius 2 is 0.717 bits per heavy atom. The number of aromatic nitrogens is 4. The number of Topliss-reactive ketones (excluding diaryl/α,β-unsaturated/α-hetero) is 4. The topological polar surface area (TPSA) is 310 Å². The molecule has 33 heteroatoms. The molecule has 0 spiro atoms. The summed E-state index contributed by atoms with van der Waals surface area (Å²) in [5.41, 5.74) is 17.3. The number of nitrogens with one attached hydrogen (secondary N) is 4. The predicted molar refractivity (Wildman–Crippen MR) is 431 cm³/mol. The van der Waals surface area contributed by atoms with E-state index in [4.69, 9.17) is 41.4 Å². The van der Waals surface area contributed by atoms with Crippen LogP contribution in [0.3, 0.4) is 0 Å². The maximum absolute atomic E-state index is 11.6. The molecule has 10 N–H and O–H groups in total. The smallest absolute Gasteiger partial charge is 0.513 e. The maximum Gasteiger partial charge on any atom is 2.00 e. The fraction of sp³-hybridized carbons (Fsp3) is 0.106. The molecule has 2 amide bonds. The molecular formula is C66H74Br6N8O10P6V3. The molecule has 525 valence electrons. The number of rotatable bonds is 21. The number of benzene rings is 6. The van der Waals surface area contributed by atoms with Gasteiger partial charge in [0, 0.05) is 49.1 Å². The fourth-order valence-electron chi connectivity index (χ4n) is 6.06. The largest absolute Gasteiger partial charge is 2.00 e. The zero-order valence-corrected chi connectivity index (χ0v) is 73.8. The number of nitrogens with zero attached hydrogens (tertiary/aromatic N) is 2. The molecule has 18 nitrogen and oxygen atoms in total. The number of halogens is 6. The number of carbonyl (C=O) groups is 8. The number of ketones is 4. The summed E-state index contributed by atoms with van der Waals surface area (Å²) in [5, 5.41) is 20.6. The molecule has 0 aliphatic heterocycles. The number of carboxylic acid groups (broad SMARTS) is 2. The number of imidazole rings is 2. The molecule has 8 aromatic rings. The van der Waals surface area contributed by atoms with Crippen LogP contribution < -0.4 is 33.2 Å². The van der Waals surface area contributed by atoms with E-state index >= 15 is 0 Å². The molecule has 3 radical (unpaired) electrons. The van der Waals surface area contributed by atoms with Gasteiger partial charge in [0.25, 0.3) is 0 Å². The van der Waals surface area contributed by atoms with Crippen LogP contribution in [0, 0.1) is 42.0 Å². The molecule has 6 aromatic carbocycles. The molecule has 0 aliphatic carbocycles. The van der Waals surface area contributed by atoms with Gasteiger partial charge in [0.2, 0.25) is 11.3 Å². The summed E-state index contributed by atoms with van der Waals surface area (Å²) in [7, 11) is 0.980. The average Bonchev–Trinajstić information content (AvgIpc) is 1.74. The van der Waals surface area contributed by atoms with Crippen molar-refractivity contribution >= 4 is 204 Å². The summed E-state index contributed by atoms with van der Waals surface area (Å²) >= 11 is 19.9. The third-order valence-electron chi connectivity index (χ3n) is 10.6. The second-order valence-corrected chi connectivity index (χ2v) is 28.7. The molecule has 2 aromatic heterocycles. The van der Waals surface area contributed by atoms with E-state index < -0.39 is 11.4 Å². The van der Waals surface area contributed by atoms with Crippen molar-refractivity contribution < 1.29 is 104 Å². The van der Waals surface area contributed by atoms with Crippen LogP contribution in [-0.2, 0) is 55.7 Å². The van der Waals surface area contributed by atoms with E-state index in [9.17, 15) is 38.4 Å². The second kappa shape index (κ2) is 64.3. The number of hydrogen-bond acceptors (Lipinski definition) is 12. The van der Waals surface area contributed by atoms with Gasteiger partial charge in [-0.05, 0) is 138 Å². The quantitative estimate of drug-likeness (QED) is 0.0188. The van der Waals surface area contributed by atoms with Gasteiger partial charge in [-0.2, -0.15) is 0 Å². The molecule has 2 heterocycles. The number of carbonyl (C=O) groups excluding carboxylic acids is 6. The zero-order chi connectivity index (χ0) is 69.7. The van der Waals surface area contributed by atoms with Gasteiger partial charge in [-0.15, -0.1) is 0 Å². The van der Waals surface area contributed by atoms with E-state index in [0.29, 0.717) is 30.8 Å². The van der Waals surface area contributed by atoms with Crippen molar-refractivity contribution in [2.75, 3.05) is 46.2 Å². The van der Waals surface area contributed by atoms with E-state index in [-0.39, 0.29) is 173 Å². The number of hydrogen-bond donors (Lipinski definition) is 8. The number of H-pyrrole nitrogens is 2. The van der Waals surface area contributed by atoms with Gasteiger partial charge in [0.05, 0.1) is 50.0 Å². The summed E-state index contributed by atoms with van der Waals surface area (Å²) < 4.78 is 5.93. The minimum Gasteiger partial charge on any atom is -0.513 e. The second-order valence-electron chi connectivity index (χ2n) is 17.1. The first kappa shape index (κ1) is 107. The molecule has 0 bridgehead atoms. The molecule has 6 unspecified atom stereocenters. The van der Waals surface area contributed by atoms with Gasteiger partial charge in [0.15, 0.2) is 23.1 Å². The Balaban J connectivity index is -0.000000252. The average molecular weight is 1960 g/mol. The summed E-state index contributed by atoms with van der Waals surface area (Å²) in [6.07, 6.45) is 3.71. The Kier molecular flexibility index (Phi) is 69.2. The molecular weight excluding hydrogens is 1880 g/mol. The van der Waals surface area contributed by atoms with Crippen molar-refractivity contribution in [3.05, 3.63) is 267 Å². The first-order chi connectivity index (χ1) is 44.4. The summed E-state index contributed by atoms with van der Waals surface area (Å²) in [4.78, 5) is 101. The normalized spacial score (nSPS) is 9.73. The number of nitrogens with two attached hydrogens (primary N) is 2. The minimum atomic E-state index is -0.863. The Morgan fingerprint density at radius 3 is 0.960 bits per heavy atom. The Labute approximate surface area is 678 Å². The van der Waals surface area contributed by atoms with Crippen molar-refractivity contribution in [1.29, 1.82) is 0 Å². The monoisotopic (exact) mass is 1950 g/mol. The van der Waals surface area contributed by atoms with Crippen molar-refractivity contribution in [3.63, 3.8) is 0 Å². The van der Waals surface area contributed by atoms with E-state index in [1.165, 1.54) is 11.4 Å². The molecule has 0 saturated carbocycles. The first-order valence-corrected chi connectivity index (χ1v) is 39.0. The van der Waals surface area contributed by atoms with Crippen LogP contribution in [0.4, 0.5) is 19.2 Å². The van der Waals surface area contributed by atoms with Gasteiger partial charge >= 0.3 is 67.1 Å². The van der Waals surface area contributed by atoms with Crippen LogP contribution in [0.2, 0.25) is 0 Å². The van der Waals surface area contributed by atoms with Crippen molar-refractivity contribution in [2.24, 2.45) is 11.5 Å². The van der Waals surface area contributed by atoms with Crippen molar-refractivity contribution in [3.8, 4) is 22.5 Å². The van der Waals surface area contributed by atoms with Gasteiger partial charge in [-0.3, -0.25) is 28.8 Å². The molecule has 0 fully saturated rings. The van der Waals surface area contributed by atoms with E-state index in [1.807, 2.05) is 73.1 Å². The van der Waals surface area contributed by atoms with Crippen LogP contribution >= 0.6 is 147 Å². The van der Waals surface area contributed by atoms with E-state index in [2.05, 4.69) is 145 Å². The van der Waals surface area contributed by atoms with Gasteiger partial charge in [-0.1, -0.05) is 186 Å². The van der Waals surface area contributed by atoms with E-state index in [0.717, 1.165) is 69.3 Å². The Morgan fingerprint density at radius 1 is 0.434 bits per heavy atom. The number of amides is 2. The predicted octanol–water partition coefficient (Wildman–Crippen LogP) is 18.3. The third kappa shape index (κ3) is 49.9. The van der Waals surface area contributed by atoms with Crippen molar-refractivity contribution in [1.82, 2.24) is 30.6 Å². The minimum absolute atomic E-state index is 0. The van der Waals surface area contributed by atoms with E-state index in [1.54, 1.807) is 91.9 Å². The van der Waals surface area contributed by atoms with Gasteiger partial charge in [0.1, 0.15) is 11.1 Å². The van der Waals surface area contributed by atoms with Crippen LogP contribution in [0.5, 0.6) is 0 Å². The molecule has 8 rings (SSSR count). The number of aromatic amines is 2. The zero-order valence-electron chi connectivity index (χ0n) is 54.1. The van der Waals surface area contributed by atoms with Crippen LogP contribution in [-0.4, -0.2) is 122 Å². The summed E-state index contributed by atoms with van der Waals surface area (Å²) in [5.74, 6) is 3.76. The first-order valence-electron chi connectivity index (χ1n) is 26.5. The van der Waals surface area contributed by atoms with Gasteiger partial charge < -0.3 is 84.3 Å². The van der Waals surface area contributed by atoms with Crippen molar-refractivity contribution in [2.45, 2.75) is 0 Å². The van der Waals surface area contributed by atoms with Gasteiger partial charge in [-0.25, -0.2) is 37.0 Å². The molecule has 6 atom stereocenters. The standard InChI is InChI=1S/C11H9BrN2P.C11H10BrNO2P.C10H10BrN2P.C10H11BrNO2P.2C8H8BrNO.C3H4O2P.C2H5O2P.3CH3.3V/c1-2-15-11-13-7-10(14-11)8-3-5-9(12)6-4-8;1-2-16-11(15)13-7-10(14)8-3-5-9(12)6-4-8;1-14-10-12-6-9(13-10)7-2-4-8(11)5-3-7;1-15-10(14)12-6-9(13)7-2-4-8(11)5-3-7;2*9-7-3-1-6(2-4-7)8(11)5-10;1-2-6-3(4)5;1-5-2(3)4;;;;;;/h1-7,15H,(H,13,14);1-6,16H,7H2,(H,13,15);2-6,14H,1H3,(H,12,13);2-5,15H,6H2,1H3,(H,12,14);2*1-4H,5,10H2;1-2,6H,(H,4,5);5H,1H3,(H,3,4);3*1H3;;;/q2*-1;;;;;-1;;3*-1;3*+2. The molecule has 99 heavy (non-hydrogen) atoms. The Bertz CT molecular complexity index is 3590. The molecule has 0 saturated heterocycles. The third-order valence-corrected chi connectivity index (χ3v) is 17.3. The van der Waals surface area contributed by atoms with Crippen LogP contribution in [0.15, 0.2) is 202 Å². The SMILES string of the molecule is CPC(=O)NCC(=O)c1ccc(Br)cc1.CPC(=O)O.CPc1ncc(-c2ccc(Br)cc2)[nH]1.NCC(=O)c1ccc(Br)cc1.NCC(=O)c1ccc(Br)cc1.[CH-]=CPC(=O)NCC(=O)c1ccc(Br)cc1.[CH-]=CPC(=O)O.[CH-]=CPc1ncc(-c2ccc(Br)cc2)[nH]1.[CH3-].[CH3-].[CH3-].[V+2].[V+2].[V+2]. The van der Waals surface area contributed by atoms with Crippen LogP contribution in [0.25, 0.3) is 22.5 Å². The van der Waals surface area contributed by atoms with Crippen LogP contribution in [0.1, 0.15) is 41.4 Å².